The molecule has 0 bridgehead atoms. The molecule has 5 heteroatoms. The summed E-state index contributed by atoms with van der Waals surface area (Å²) in [4.78, 5) is 12.0. The normalized spacial score (nSPS) is 10.4. The van der Waals surface area contributed by atoms with Crippen LogP contribution in [0, 0.1) is 0 Å². The SMILES string of the molecule is NCc1cc(N)cn(-c2ccc(O)cc2)c1=O. The molecule has 1 heterocycles. The molecule has 0 unspecified atom stereocenters. The Labute approximate surface area is 97.9 Å². The third-order valence-electron chi connectivity index (χ3n) is 2.46. The third-order valence-corrected chi connectivity index (χ3v) is 2.46. The van der Waals surface area contributed by atoms with Crippen LogP contribution in [-0.4, -0.2) is 9.67 Å². The molecule has 88 valence electrons. The molecule has 2 aromatic rings. The van der Waals surface area contributed by atoms with Gasteiger partial charge in [0.25, 0.3) is 5.56 Å². The number of hydrogen-bond acceptors (Lipinski definition) is 4. The average Bonchev–Trinajstić information content (AvgIpc) is 2.33. The van der Waals surface area contributed by atoms with E-state index in [0.717, 1.165) is 0 Å². The van der Waals surface area contributed by atoms with Gasteiger partial charge in [-0.25, -0.2) is 0 Å². The number of aromatic hydroxyl groups is 1. The molecule has 0 saturated carbocycles. The second-order valence-corrected chi connectivity index (χ2v) is 3.69. The standard InChI is InChI=1S/C12H13N3O2/c13-6-8-5-9(14)7-15(12(8)17)10-1-3-11(16)4-2-10/h1-5,7,16H,6,13-14H2. The highest BCUT2D eigenvalue weighted by Gasteiger charge is 2.05. The van der Waals surface area contributed by atoms with Crippen molar-refractivity contribution in [3.8, 4) is 11.4 Å². The highest BCUT2D eigenvalue weighted by atomic mass is 16.3. The first-order valence-electron chi connectivity index (χ1n) is 5.12. The molecule has 0 spiro atoms. The molecular formula is C12H13N3O2. The van der Waals surface area contributed by atoms with E-state index in [2.05, 4.69) is 0 Å². The van der Waals surface area contributed by atoms with E-state index in [1.54, 1.807) is 18.2 Å². The summed E-state index contributed by atoms with van der Waals surface area (Å²) >= 11 is 0. The number of nitrogen functional groups attached to an aromatic ring is 1. The van der Waals surface area contributed by atoms with Crippen LogP contribution in [0.3, 0.4) is 0 Å². The fraction of sp³-hybridized carbons (Fsp3) is 0.0833. The van der Waals surface area contributed by atoms with Crippen molar-refractivity contribution in [3.05, 3.63) is 52.4 Å². The Morgan fingerprint density at radius 2 is 1.88 bits per heavy atom. The van der Waals surface area contributed by atoms with Gasteiger partial charge in [-0.2, -0.15) is 0 Å². The predicted molar refractivity (Wildman–Crippen MR) is 66.0 cm³/mol. The summed E-state index contributed by atoms with van der Waals surface area (Å²) in [6, 6.07) is 7.85. The van der Waals surface area contributed by atoms with E-state index < -0.39 is 0 Å². The molecule has 5 N–H and O–H groups in total. The zero-order valence-electron chi connectivity index (χ0n) is 9.13. The van der Waals surface area contributed by atoms with Gasteiger partial charge in [0.15, 0.2) is 0 Å². The number of rotatable bonds is 2. The van der Waals surface area contributed by atoms with Crippen molar-refractivity contribution in [2.75, 3.05) is 5.73 Å². The largest absolute Gasteiger partial charge is 0.508 e. The number of hydrogen-bond donors (Lipinski definition) is 3. The molecule has 1 aromatic carbocycles. The van der Waals surface area contributed by atoms with Crippen LogP contribution in [0.4, 0.5) is 5.69 Å². The second kappa shape index (κ2) is 4.31. The van der Waals surface area contributed by atoms with Crippen LogP contribution in [0.2, 0.25) is 0 Å². The molecular weight excluding hydrogens is 218 g/mol. The minimum Gasteiger partial charge on any atom is -0.508 e. The molecule has 0 amide bonds. The number of nitrogens with two attached hydrogens (primary N) is 2. The van der Waals surface area contributed by atoms with Crippen molar-refractivity contribution in [2.24, 2.45) is 5.73 Å². The Morgan fingerprint density at radius 3 is 2.47 bits per heavy atom. The van der Waals surface area contributed by atoms with Gasteiger partial charge in [-0.15, -0.1) is 0 Å². The summed E-state index contributed by atoms with van der Waals surface area (Å²) < 4.78 is 1.41. The number of phenols is 1. The topological polar surface area (TPSA) is 94.3 Å². The summed E-state index contributed by atoms with van der Waals surface area (Å²) in [6.07, 6.45) is 1.54. The molecule has 0 atom stereocenters. The monoisotopic (exact) mass is 231 g/mol. The maximum absolute atomic E-state index is 12.0. The number of phenolic OH excluding ortho intramolecular Hbond substituents is 1. The summed E-state index contributed by atoms with van der Waals surface area (Å²) in [7, 11) is 0. The third kappa shape index (κ3) is 2.14. The van der Waals surface area contributed by atoms with Crippen molar-refractivity contribution < 1.29 is 5.11 Å². The molecule has 0 saturated heterocycles. The van der Waals surface area contributed by atoms with Gasteiger partial charge < -0.3 is 16.6 Å². The second-order valence-electron chi connectivity index (χ2n) is 3.69. The zero-order valence-corrected chi connectivity index (χ0v) is 9.13. The van der Waals surface area contributed by atoms with Gasteiger partial charge in [-0.1, -0.05) is 0 Å². The first-order valence-corrected chi connectivity index (χ1v) is 5.12. The fourth-order valence-electron chi connectivity index (χ4n) is 1.61. The minimum atomic E-state index is -0.201. The first-order chi connectivity index (χ1) is 8.11. The zero-order chi connectivity index (χ0) is 12.4. The Hall–Kier alpha value is -2.27. The number of nitrogens with zero attached hydrogens (tertiary/aromatic N) is 1. The maximum Gasteiger partial charge on any atom is 0.259 e. The van der Waals surface area contributed by atoms with Crippen LogP contribution in [0.15, 0.2) is 41.3 Å². The highest BCUT2D eigenvalue weighted by molar-refractivity contribution is 5.44. The lowest BCUT2D eigenvalue weighted by Gasteiger charge is -2.09. The molecule has 17 heavy (non-hydrogen) atoms. The number of pyridine rings is 1. The van der Waals surface area contributed by atoms with Crippen molar-refractivity contribution in [1.29, 1.82) is 0 Å². The lowest BCUT2D eigenvalue weighted by atomic mass is 10.2. The summed E-state index contributed by atoms with van der Waals surface area (Å²) in [5.74, 6) is 0.143. The van der Waals surface area contributed by atoms with Gasteiger partial charge in [0.2, 0.25) is 0 Å². The molecule has 1 aromatic heterocycles. The number of aromatic nitrogens is 1. The molecule has 0 radical (unpaired) electrons. The van der Waals surface area contributed by atoms with Crippen LogP contribution in [0.25, 0.3) is 5.69 Å². The van der Waals surface area contributed by atoms with Gasteiger partial charge in [0, 0.05) is 29.7 Å². The Bertz CT molecular complexity index is 588. The van der Waals surface area contributed by atoms with E-state index in [0.29, 0.717) is 16.9 Å². The van der Waals surface area contributed by atoms with Crippen LogP contribution in [0.1, 0.15) is 5.56 Å². The molecule has 5 nitrogen and oxygen atoms in total. The van der Waals surface area contributed by atoms with E-state index in [1.165, 1.54) is 22.9 Å². The van der Waals surface area contributed by atoms with Crippen LogP contribution in [-0.2, 0) is 6.54 Å². The number of anilines is 1. The fourth-order valence-corrected chi connectivity index (χ4v) is 1.61. The Morgan fingerprint density at radius 1 is 1.24 bits per heavy atom. The van der Waals surface area contributed by atoms with Crippen molar-refractivity contribution in [3.63, 3.8) is 0 Å². The smallest absolute Gasteiger partial charge is 0.259 e. The van der Waals surface area contributed by atoms with Crippen LogP contribution >= 0.6 is 0 Å². The highest BCUT2D eigenvalue weighted by Crippen LogP contribution is 2.13. The Balaban J connectivity index is 2.63. The van der Waals surface area contributed by atoms with Crippen molar-refractivity contribution in [1.82, 2.24) is 4.57 Å². The quantitative estimate of drug-likeness (QED) is 0.704. The van der Waals surface area contributed by atoms with Gasteiger partial charge in [-0.3, -0.25) is 9.36 Å². The van der Waals surface area contributed by atoms with Gasteiger partial charge in [0.05, 0.1) is 0 Å². The van der Waals surface area contributed by atoms with E-state index >= 15 is 0 Å². The Kier molecular flexibility index (Phi) is 2.84. The van der Waals surface area contributed by atoms with E-state index in [1.807, 2.05) is 0 Å². The van der Waals surface area contributed by atoms with E-state index in [9.17, 15) is 9.90 Å². The van der Waals surface area contributed by atoms with Crippen LogP contribution < -0.4 is 17.0 Å². The summed E-state index contributed by atoms with van der Waals surface area (Å²) in [6.45, 7) is 0.141. The summed E-state index contributed by atoms with van der Waals surface area (Å²) in [5.41, 5.74) is 12.5. The van der Waals surface area contributed by atoms with E-state index in [-0.39, 0.29) is 17.9 Å². The van der Waals surface area contributed by atoms with Gasteiger partial charge >= 0.3 is 0 Å². The predicted octanol–water partition coefficient (Wildman–Crippen LogP) is 0.584. The van der Waals surface area contributed by atoms with Gasteiger partial charge in [-0.05, 0) is 30.3 Å². The van der Waals surface area contributed by atoms with E-state index in [4.69, 9.17) is 11.5 Å². The van der Waals surface area contributed by atoms with Gasteiger partial charge in [0.1, 0.15) is 5.75 Å². The molecule has 0 fully saturated rings. The van der Waals surface area contributed by atoms with Crippen LogP contribution in [0.5, 0.6) is 5.75 Å². The average molecular weight is 231 g/mol. The minimum absolute atomic E-state index is 0.141. The number of benzene rings is 1. The lowest BCUT2D eigenvalue weighted by Crippen LogP contribution is -2.24. The lowest BCUT2D eigenvalue weighted by molar-refractivity contribution is 0.475. The van der Waals surface area contributed by atoms with Crippen molar-refractivity contribution >= 4 is 5.69 Å². The first kappa shape index (κ1) is 11.2. The summed E-state index contributed by atoms with van der Waals surface area (Å²) in [5, 5.41) is 9.20. The van der Waals surface area contributed by atoms with Crippen molar-refractivity contribution in [2.45, 2.75) is 6.54 Å². The maximum atomic E-state index is 12.0. The molecule has 0 aliphatic rings. The molecule has 0 aliphatic heterocycles. The molecule has 2 rings (SSSR count). The molecule has 0 aliphatic carbocycles.